The predicted molar refractivity (Wildman–Crippen MR) is 81.0 cm³/mol. The number of halogens is 2. The van der Waals surface area contributed by atoms with Gasteiger partial charge in [0.25, 0.3) is 5.91 Å². The second-order valence-electron chi connectivity index (χ2n) is 6.16. The number of benzene rings is 1. The lowest BCUT2D eigenvalue weighted by Crippen LogP contribution is -2.34. The molecule has 0 heterocycles. The van der Waals surface area contributed by atoms with Gasteiger partial charge in [-0.1, -0.05) is 40.0 Å². The fourth-order valence-electron chi connectivity index (χ4n) is 2.12. The van der Waals surface area contributed by atoms with Crippen molar-refractivity contribution in [3.05, 3.63) is 29.3 Å². The topological polar surface area (TPSA) is 55.1 Å². The van der Waals surface area contributed by atoms with Crippen molar-refractivity contribution in [2.24, 2.45) is 5.41 Å². The van der Waals surface area contributed by atoms with E-state index < -0.39 is 17.5 Å². The lowest BCUT2D eigenvalue weighted by molar-refractivity contribution is 0.0934. The number of rotatable bonds is 7. The van der Waals surface area contributed by atoms with Crippen LogP contribution in [0.4, 0.5) is 14.5 Å². The average Bonchev–Trinajstić information content (AvgIpc) is 2.40. The minimum atomic E-state index is -1.07. The fourth-order valence-corrected chi connectivity index (χ4v) is 2.12. The van der Waals surface area contributed by atoms with Crippen LogP contribution in [0.25, 0.3) is 0 Å². The van der Waals surface area contributed by atoms with E-state index in [1.165, 1.54) is 0 Å². The number of carbonyl (C=O) groups excluding carboxylic acids is 1. The second kappa shape index (κ2) is 7.38. The van der Waals surface area contributed by atoms with E-state index in [2.05, 4.69) is 26.1 Å². The zero-order valence-electron chi connectivity index (χ0n) is 12.9. The third-order valence-corrected chi connectivity index (χ3v) is 3.52. The summed E-state index contributed by atoms with van der Waals surface area (Å²) in [5.41, 5.74) is 5.43. The molecule has 0 radical (unpaired) electrons. The number of anilines is 1. The predicted octanol–water partition coefficient (Wildman–Crippen LogP) is 3.88. The van der Waals surface area contributed by atoms with Gasteiger partial charge in [-0.2, -0.15) is 0 Å². The lowest BCUT2D eigenvalue weighted by atomic mass is 9.87. The van der Waals surface area contributed by atoms with Gasteiger partial charge in [-0.3, -0.25) is 4.79 Å². The van der Waals surface area contributed by atoms with E-state index in [1.54, 1.807) is 0 Å². The molecule has 3 nitrogen and oxygen atoms in total. The molecule has 0 fully saturated rings. The van der Waals surface area contributed by atoms with E-state index in [0.717, 1.165) is 37.8 Å². The van der Waals surface area contributed by atoms with Crippen molar-refractivity contribution in [1.82, 2.24) is 5.32 Å². The Morgan fingerprint density at radius 3 is 2.48 bits per heavy atom. The van der Waals surface area contributed by atoms with Crippen LogP contribution in [0.5, 0.6) is 0 Å². The van der Waals surface area contributed by atoms with Crippen molar-refractivity contribution in [3.63, 3.8) is 0 Å². The van der Waals surface area contributed by atoms with Crippen LogP contribution in [0.1, 0.15) is 56.8 Å². The highest BCUT2D eigenvalue weighted by molar-refractivity contribution is 5.99. The van der Waals surface area contributed by atoms with Crippen molar-refractivity contribution in [3.8, 4) is 0 Å². The van der Waals surface area contributed by atoms with Crippen molar-refractivity contribution in [2.75, 3.05) is 12.3 Å². The van der Waals surface area contributed by atoms with Crippen LogP contribution < -0.4 is 11.1 Å². The van der Waals surface area contributed by atoms with E-state index in [9.17, 15) is 13.6 Å². The van der Waals surface area contributed by atoms with E-state index in [1.807, 2.05) is 0 Å². The zero-order chi connectivity index (χ0) is 16.0. The molecule has 1 amide bonds. The average molecular weight is 298 g/mol. The Morgan fingerprint density at radius 1 is 1.24 bits per heavy atom. The lowest BCUT2D eigenvalue weighted by Gasteiger charge is -2.25. The summed E-state index contributed by atoms with van der Waals surface area (Å²) in [5.74, 6) is -2.60. The van der Waals surface area contributed by atoms with Crippen molar-refractivity contribution in [2.45, 2.75) is 46.5 Å². The van der Waals surface area contributed by atoms with Gasteiger partial charge in [0.15, 0.2) is 11.6 Å². The smallest absolute Gasteiger partial charge is 0.253 e. The first-order chi connectivity index (χ1) is 9.76. The monoisotopic (exact) mass is 298 g/mol. The Balaban J connectivity index is 2.63. The summed E-state index contributed by atoms with van der Waals surface area (Å²) in [4.78, 5) is 12.0. The normalized spacial score (nSPS) is 11.5. The van der Waals surface area contributed by atoms with Gasteiger partial charge in [0, 0.05) is 18.3 Å². The molecular weight excluding hydrogens is 274 g/mol. The molecule has 1 aromatic rings. The maximum absolute atomic E-state index is 13.2. The number of carbonyl (C=O) groups is 1. The Morgan fingerprint density at radius 2 is 1.86 bits per heavy atom. The molecule has 21 heavy (non-hydrogen) atoms. The third kappa shape index (κ3) is 5.33. The minimum Gasteiger partial charge on any atom is -0.398 e. The van der Waals surface area contributed by atoms with E-state index in [0.29, 0.717) is 6.54 Å². The maximum Gasteiger partial charge on any atom is 0.253 e. The van der Waals surface area contributed by atoms with Crippen LogP contribution in [-0.4, -0.2) is 12.5 Å². The molecule has 0 unspecified atom stereocenters. The number of hydrogen-bond donors (Lipinski definition) is 2. The quantitative estimate of drug-likeness (QED) is 0.593. The summed E-state index contributed by atoms with van der Waals surface area (Å²) in [6.07, 6.45) is 4.41. The largest absolute Gasteiger partial charge is 0.398 e. The first-order valence-electron chi connectivity index (χ1n) is 7.29. The van der Waals surface area contributed by atoms with Crippen molar-refractivity contribution < 1.29 is 13.6 Å². The third-order valence-electron chi connectivity index (χ3n) is 3.52. The van der Waals surface area contributed by atoms with Gasteiger partial charge < -0.3 is 11.1 Å². The van der Waals surface area contributed by atoms with Crippen LogP contribution >= 0.6 is 0 Å². The summed E-state index contributed by atoms with van der Waals surface area (Å²) < 4.78 is 26.2. The van der Waals surface area contributed by atoms with Gasteiger partial charge in [-0.05, 0) is 17.9 Å². The number of nitrogen functional groups attached to an aromatic ring is 1. The molecule has 0 spiro atoms. The van der Waals surface area contributed by atoms with Gasteiger partial charge in [-0.15, -0.1) is 0 Å². The molecular formula is C16H24F2N2O. The highest BCUT2D eigenvalue weighted by Crippen LogP contribution is 2.23. The van der Waals surface area contributed by atoms with E-state index in [4.69, 9.17) is 5.73 Å². The van der Waals surface area contributed by atoms with Crippen molar-refractivity contribution in [1.29, 1.82) is 0 Å². The fraction of sp³-hybridized carbons (Fsp3) is 0.562. The first-order valence-corrected chi connectivity index (χ1v) is 7.29. The van der Waals surface area contributed by atoms with Gasteiger partial charge in [-0.25, -0.2) is 8.78 Å². The number of amides is 1. The molecule has 3 N–H and O–H groups in total. The summed E-state index contributed by atoms with van der Waals surface area (Å²) in [6, 6.07) is 1.67. The highest BCUT2D eigenvalue weighted by atomic mass is 19.2. The Bertz CT molecular complexity index is 501. The minimum absolute atomic E-state index is 0.0294. The molecule has 0 atom stereocenters. The van der Waals surface area contributed by atoms with Crippen LogP contribution in [-0.2, 0) is 0 Å². The summed E-state index contributed by atoms with van der Waals surface area (Å²) in [6.45, 7) is 6.74. The molecule has 0 aromatic heterocycles. The Labute approximate surface area is 124 Å². The number of unbranched alkanes of at least 4 members (excludes halogenated alkanes) is 2. The molecule has 1 rings (SSSR count). The molecule has 0 aliphatic heterocycles. The van der Waals surface area contributed by atoms with Crippen LogP contribution in [0, 0.1) is 17.0 Å². The molecule has 5 heteroatoms. The second-order valence-corrected chi connectivity index (χ2v) is 6.16. The Kier molecular flexibility index (Phi) is 6.12. The molecule has 0 aliphatic carbocycles. The number of nitrogens with two attached hydrogens (primary N) is 1. The van der Waals surface area contributed by atoms with Gasteiger partial charge >= 0.3 is 0 Å². The highest BCUT2D eigenvalue weighted by Gasteiger charge is 2.20. The molecule has 1 aromatic carbocycles. The van der Waals surface area contributed by atoms with Crippen LogP contribution in [0.15, 0.2) is 12.1 Å². The maximum atomic E-state index is 13.2. The summed E-state index contributed by atoms with van der Waals surface area (Å²) >= 11 is 0. The standard InChI is InChI=1S/C16H24F2N2O/c1-4-5-6-7-16(2,3)10-20-15(21)11-8-12(17)13(18)9-14(11)19/h8-9H,4-7,10,19H2,1-3H3,(H,20,21). The number of nitrogens with one attached hydrogen (secondary N) is 1. The van der Waals surface area contributed by atoms with Crippen molar-refractivity contribution >= 4 is 11.6 Å². The van der Waals surface area contributed by atoms with Gasteiger partial charge in [0.05, 0.1) is 5.56 Å². The van der Waals surface area contributed by atoms with Gasteiger partial charge in [0.2, 0.25) is 0 Å². The Hall–Kier alpha value is -1.65. The van der Waals surface area contributed by atoms with Crippen LogP contribution in [0.2, 0.25) is 0 Å². The summed E-state index contributed by atoms with van der Waals surface area (Å²) in [5, 5.41) is 2.75. The number of hydrogen-bond acceptors (Lipinski definition) is 2. The van der Waals surface area contributed by atoms with Crippen LogP contribution in [0.3, 0.4) is 0 Å². The molecule has 118 valence electrons. The zero-order valence-corrected chi connectivity index (χ0v) is 12.9. The molecule has 0 aliphatic rings. The summed E-state index contributed by atoms with van der Waals surface area (Å²) in [7, 11) is 0. The van der Waals surface area contributed by atoms with E-state index >= 15 is 0 Å². The molecule has 0 bridgehead atoms. The van der Waals surface area contributed by atoms with E-state index in [-0.39, 0.29) is 16.7 Å². The van der Waals surface area contributed by atoms with Gasteiger partial charge in [0.1, 0.15) is 0 Å². The molecule has 0 saturated carbocycles. The first kappa shape index (κ1) is 17.4. The SMILES string of the molecule is CCCCCC(C)(C)CNC(=O)c1cc(F)c(F)cc1N. The molecule has 0 saturated heterocycles.